The van der Waals surface area contributed by atoms with E-state index in [9.17, 15) is 0 Å². The third kappa shape index (κ3) is 1.93. The highest BCUT2D eigenvalue weighted by Crippen LogP contribution is 2.38. The van der Waals surface area contributed by atoms with Gasteiger partial charge in [-0.25, -0.2) is 0 Å². The monoisotopic (exact) mass is 284 g/mol. The molecule has 2 heterocycles. The van der Waals surface area contributed by atoms with E-state index in [-0.39, 0.29) is 5.60 Å². The zero-order valence-electron chi connectivity index (χ0n) is 12.5. The number of ether oxygens (including phenoxy) is 1. The van der Waals surface area contributed by atoms with E-state index in [0.29, 0.717) is 5.55 Å². The molecule has 0 unspecified atom stereocenters. The van der Waals surface area contributed by atoms with E-state index in [2.05, 4.69) is 25.0 Å². The summed E-state index contributed by atoms with van der Waals surface area (Å²) in [6.45, 7) is 4.25. The van der Waals surface area contributed by atoms with Crippen molar-refractivity contribution in [2.45, 2.75) is 51.6 Å². The van der Waals surface area contributed by atoms with Crippen molar-refractivity contribution in [3.63, 3.8) is 0 Å². The molecule has 0 fully saturated rings. The summed E-state index contributed by atoms with van der Waals surface area (Å²) >= 11 is 0. The Labute approximate surface area is 123 Å². The topological polar surface area (TPSA) is 60.8 Å². The molecule has 0 saturated heterocycles. The molecule has 1 aromatic heterocycles. The van der Waals surface area contributed by atoms with Crippen molar-refractivity contribution in [3.05, 3.63) is 34.4 Å². The highest BCUT2D eigenvalue weighted by atomic mass is 16.5. The third-order valence-electron chi connectivity index (χ3n) is 4.67. The molecule has 0 amide bonds. The Balaban J connectivity index is 2.00. The highest BCUT2D eigenvalue weighted by molar-refractivity contribution is 5.84. The largest absolute Gasteiger partial charge is 0.487 e. The maximum atomic E-state index is 6.10. The molecule has 1 aliphatic heterocycles. The predicted molar refractivity (Wildman–Crippen MR) is 81.0 cm³/mol. The molecule has 21 heavy (non-hydrogen) atoms. The van der Waals surface area contributed by atoms with E-state index in [1.165, 1.54) is 22.1 Å². The lowest BCUT2D eigenvalue weighted by molar-refractivity contribution is 0.0848. The third-order valence-corrected chi connectivity index (χ3v) is 4.67. The lowest BCUT2D eigenvalue weighted by atomic mass is 9.92. The van der Waals surface area contributed by atoms with Gasteiger partial charge in [0, 0.05) is 17.0 Å². The van der Waals surface area contributed by atoms with Crippen molar-refractivity contribution in [3.8, 4) is 5.75 Å². The average Bonchev–Trinajstić information content (AvgIpc) is 2.93. The molecule has 2 aliphatic rings. The molecular weight excluding hydrogens is 264 g/mol. The number of aryl methyl sites for hydroxylation is 2. The minimum atomic E-state index is -0.113. The number of fused-ring (bicyclic) bond motifs is 4. The van der Waals surface area contributed by atoms with Crippen LogP contribution in [0.1, 0.15) is 43.4 Å². The first-order valence-electron chi connectivity index (χ1n) is 7.62. The smallest absolute Gasteiger partial charge is 0.239 e. The fourth-order valence-electron chi connectivity index (χ4n) is 3.55. The van der Waals surface area contributed by atoms with Gasteiger partial charge in [0.05, 0.1) is 0 Å². The van der Waals surface area contributed by atoms with Crippen molar-refractivity contribution in [1.29, 1.82) is 0 Å². The number of nitrogens with two attached hydrogens (primary N) is 1. The van der Waals surface area contributed by atoms with Crippen LogP contribution in [0.4, 0.5) is 0 Å². The van der Waals surface area contributed by atoms with E-state index in [1.54, 1.807) is 0 Å². The maximum absolute atomic E-state index is 6.10. The molecule has 2 N–H and O–H groups in total. The summed E-state index contributed by atoms with van der Waals surface area (Å²) in [6, 6.07) is 4.26. The lowest BCUT2D eigenvalue weighted by Gasteiger charge is -2.32. The van der Waals surface area contributed by atoms with Gasteiger partial charge < -0.3 is 15.0 Å². The zero-order valence-corrected chi connectivity index (χ0v) is 12.5. The summed E-state index contributed by atoms with van der Waals surface area (Å²) in [4.78, 5) is 0. The normalized spacial score (nSPS) is 20.2. The summed E-state index contributed by atoms with van der Waals surface area (Å²) < 4.78 is 12.0. The van der Waals surface area contributed by atoms with Crippen LogP contribution in [0.2, 0.25) is 0 Å². The Kier molecular flexibility index (Phi) is 2.59. The summed E-state index contributed by atoms with van der Waals surface area (Å²) in [5.74, 6) is 6.43. The quantitative estimate of drug-likeness (QED) is 0.597. The molecule has 0 saturated carbocycles. The molecule has 1 aromatic carbocycles. The second-order valence-electron chi connectivity index (χ2n) is 6.66. The Morgan fingerprint density at radius 1 is 1.14 bits per heavy atom. The second-order valence-corrected chi connectivity index (χ2v) is 6.66. The van der Waals surface area contributed by atoms with Crippen LogP contribution in [0.15, 0.2) is 21.7 Å². The number of nitrogens with zero attached hydrogens (tertiary/aromatic N) is 1. The first-order chi connectivity index (χ1) is 10.1. The van der Waals surface area contributed by atoms with Crippen LogP contribution in [-0.4, -0.2) is 5.60 Å². The van der Waals surface area contributed by atoms with Crippen molar-refractivity contribution in [2.75, 3.05) is 0 Å². The van der Waals surface area contributed by atoms with Crippen molar-refractivity contribution in [1.82, 2.24) is 0 Å². The van der Waals surface area contributed by atoms with E-state index in [1.807, 2.05) is 6.07 Å². The van der Waals surface area contributed by atoms with E-state index >= 15 is 0 Å². The summed E-state index contributed by atoms with van der Waals surface area (Å²) in [5.41, 5.74) is 5.11. The SMILES string of the molecule is CC1(C)CCc2cc3c4c(/c(=N\N)oc3cc2O1)CCC4. The van der Waals surface area contributed by atoms with Gasteiger partial charge in [0.25, 0.3) is 0 Å². The Morgan fingerprint density at radius 2 is 1.95 bits per heavy atom. The molecule has 4 nitrogen and oxygen atoms in total. The fourth-order valence-corrected chi connectivity index (χ4v) is 3.55. The van der Waals surface area contributed by atoms with Gasteiger partial charge in [0.15, 0.2) is 0 Å². The molecular formula is C17H20N2O2. The van der Waals surface area contributed by atoms with E-state index in [0.717, 1.165) is 43.4 Å². The van der Waals surface area contributed by atoms with Gasteiger partial charge in [0.2, 0.25) is 5.55 Å². The van der Waals surface area contributed by atoms with Crippen molar-refractivity contribution >= 4 is 11.0 Å². The Morgan fingerprint density at radius 3 is 2.76 bits per heavy atom. The summed E-state index contributed by atoms with van der Waals surface area (Å²) in [6.07, 6.45) is 5.32. The average molecular weight is 284 g/mol. The molecule has 4 heteroatoms. The number of rotatable bonds is 0. The van der Waals surface area contributed by atoms with Crippen LogP contribution < -0.4 is 16.1 Å². The first kappa shape index (κ1) is 12.7. The van der Waals surface area contributed by atoms with Crippen molar-refractivity contribution in [2.24, 2.45) is 10.9 Å². The van der Waals surface area contributed by atoms with Gasteiger partial charge in [0.1, 0.15) is 16.9 Å². The van der Waals surface area contributed by atoms with Gasteiger partial charge in [-0.15, -0.1) is 5.10 Å². The van der Waals surface area contributed by atoms with Gasteiger partial charge >= 0.3 is 0 Å². The maximum Gasteiger partial charge on any atom is 0.239 e. The molecule has 4 rings (SSSR count). The molecule has 110 valence electrons. The van der Waals surface area contributed by atoms with Crippen molar-refractivity contribution < 1.29 is 9.15 Å². The van der Waals surface area contributed by atoms with Gasteiger partial charge in [-0.1, -0.05) is 0 Å². The minimum Gasteiger partial charge on any atom is -0.487 e. The molecule has 0 radical (unpaired) electrons. The number of hydrogen-bond acceptors (Lipinski definition) is 4. The zero-order chi connectivity index (χ0) is 14.6. The highest BCUT2D eigenvalue weighted by Gasteiger charge is 2.28. The minimum absolute atomic E-state index is 0.113. The van der Waals surface area contributed by atoms with E-state index in [4.69, 9.17) is 15.0 Å². The number of hydrogen-bond donors (Lipinski definition) is 1. The molecule has 0 bridgehead atoms. The van der Waals surface area contributed by atoms with Crippen LogP contribution >= 0.6 is 0 Å². The molecule has 1 aliphatic carbocycles. The van der Waals surface area contributed by atoms with Crippen LogP contribution in [0.25, 0.3) is 11.0 Å². The second kappa shape index (κ2) is 4.26. The predicted octanol–water partition coefficient (Wildman–Crippen LogP) is 2.80. The van der Waals surface area contributed by atoms with Gasteiger partial charge in [-0.05, 0) is 63.1 Å². The Hall–Kier alpha value is -1.97. The van der Waals surface area contributed by atoms with Crippen LogP contribution in [0, 0.1) is 0 Å². The fraction of sp³-hybridized carbons (Fsp3) is 0.471. The van der Waals surface area contributed by atoms with Crippen LogP contribution in [-0.2, 0) is 19.3 Å². The Bertz CT molecular complexity index is 803. The van der Waals surface area contributed by atoms with Crippen LogP contribution in [0.5, 0.6) is 5.75 Å². The molecule has 0 spiro atoms. The molecule has 0 atom stereocenters. The lowest BCUT2D eigenvalue weighted by Crippen LogP contribution is -2.32. The van der Waals surface area contributed by atoms with Gasteiger partial charge in [-0.2, -0.15) is 0 Å². The van der Waals surface area contributed by atoms with Crippen LogP contribution in [0.3, 0.4) is 0 Å². The number of benzene rings is 1. The summed E-state index contributed by atoms with van der Waals surface area (Å²) in [7, 11) is 0. The standard InChI is InChI=1S/C17H20N2O2/c1-17(2)7-6-10-8-13-11-4-3-5-12(11)16(19-18)20-15(13)9-14(10)21-17/h8-9H,3-7,18H2,1-2H3/b19-16+. The molecule has 2 aromatic rings. The van der Waals surface area contributed by atoms with Gasteiger partial charge in [-0.3, -0.25) is 0 Å². The first-order valence-corrected chi connectivity index (χ1v) is 7.62. The van der Waals surface area contributed by atoms with E-state index < -0.39 is 0 Å². The summed E-state index contributed by atoms with van der Waals surface area (Å²) in [5, 5.41) is 5.03.